The van der Waals surface area contributed by atoms with Crippen molar-refractivity contribution >= 4 is 51.9 Å². The van der Waals surface area contributed by atoms with Gasteiger partial charge in [0.1, 0.15) is 23.8 Å². The maximum Gasteiger partial charge on any atom is 0.305 e. The first-order valence-corrected chi connectivity index (χ1v) is 10.3. The van der Waals surface area contributed by atoms with Crippen LogP contribution < -0.4 is 16.0 Å². The van der Waals surface area contributed by atoms with Crippen LogP contribution in [0.4, 0.5) is 43.2 Å². The van der Waals surface area contributed by atoms with Crippen molar-refractivity contribution in [1.82, 2.24) is 9.97 Å². The van der Waals surface area contributed by atoms with Gasteiger partial charge in [0.05, 0.1) is 15.5 Å². The lowest BCUT2D eigenvalue weighted by molar-refractivity contribution is -0.387. The maximum absolute atomic E-state index is 14.3. The molecular formula is C23H15ClF2N6O3. The fourth-order valence-corrected chi connectivity index (χ4v) is 3.25. The molecule has 0 fully saturated rings. The Bertz CT molecular complexity index is 1440. The molecule has 3 N–H and O–H groups in total. The van der Waals surface area contributed by atoms with Gasteiger partial charge in [-0.1, -0.05) is 23.7 Å². The van der Waals surface area contributed by atoms with Crippen LogP contribution in [0.2, 0.25) is 5.02 Å². The lowest BCUT2D eigenvalue weighted by Crippen LogP contribution is -2.14. The molecule has 0 atom stereocenters. The Hall–Kier alpha value is -4.64. The second-order valence-electron chi connectivity index (χ2n) is 7.10. The van der Waals surface area contributed by atoms with Gasteiger partial charge in [-0.15, -0.1) is 0 Å². The number of nitro groups is 1. The minimum Gasteiger partial charge on any atom is -0.340 e. The lowest BCUT2D eigenvalue weighted by atomic mass is 10.1. The number of rotatable bonds is 7. The monoisotopic (exact) mass is 496 g/mol. The van der Waals surface area contributed by atoms with E-state index in [1.807, 2.05) is 0 Å². The number of amides is 1. The summed E-state index contributed by atoms with van der Waals surface area (Å²) in [5, 5.41) is 19.4. The highest BCUT2D eigenvalue weighted by Crippen LogP contribution is 2.25. The summed E-state index contributed by atoms with van der Waals surface area (Å²) in [5.74, 6) is -1.77. The van der Waals surface area contributed by atoms with Gasteiger partial charge in [0, 0.05) is 29.2 Å². The van der Waals surface area contributed by atoms with E-state index in [0.29, 0.717) is 28.7 Å². The number of nitrogens with one attached hydrogen (secondary N) is 3. The molecule has 0 bridgehead atoms. The molecule has 0 saturated heterocycles. The van der Waals surface area contributed by atoms with Crippen molar-refractivity contribution in [3.05, 3.63) is 105 Å². The number of hydrogen-bond acceptors (Lipinski definition) is 7. The zero-order chi connectivity index (χ0) is 24.9. The van der Waals surface area contributed by atoms with Gasteiger partial charge >= 0.3 is 5.69 Å². The quantitative estimate of drug-likeness (QED) is 0.210. The van der Waals surface area contributed by atoms with E-state index < -0.39 is 33.7 Å². The molecule has 1 heterocycles. The van der Waals surface area contributed by atoms with Gasteiger partial charge in [-0.25, -0.2) is 14.4 Å². The Morgan fingerprint density at radius 3 is 2.23 bits per heavy atom. The SMILES string of the molecule is O=C(Nc1cccc(Nc2cc(Nc3ccc(F)c(Cl)c3)ncn2)c1)c1cccc([N+](=O)[O-])c1F. The highest BCUT2D eigenvalue weighted by Gasteiger charge is 2.21. The van der Waals surface area contributed by atoms with Gasteiger partial charge in [-0.05, 0) is 42.5 Å². The van der Waals surface area contributed by atoms with Crippen molar-refractivity contribution in [2.75, 3.05) is 16.0 Å². The lowest BCUT2D eigenvalue weighted by Gasteiger charge is -2.11. The molecule has 0 aliphatic heterocycles. The highest BCUT2D eigenvalue weighted by molar-refractivity contribution is 6.31. The van der Waals surface area contributed by atoms with Crippen LogP contribution in [-0.2, 0) is 0 Å². The molecule has 1 amide bonds. The van der Waals surface area contributed by atoms with E-state index in [4.69, 9.17) is 11.6 Å². The van der Waals surface area contributed by atoms with Crippen LogP contribution in [0.5, 0.6) is 0 Å². The molecular weight excluding hydrogens is 482 g/mol. The van der Waals surface area contributed by atoms with Crippen molar-refractivity contribution in [2.45, 2.75) is 0 Å². The molecule has 0 aliphatic carbocycles. The predicted molar refractivity (Wildman–Crippen MR) is 127 cm³/mol. The molecule has 35 heavy (non-hydrogen) atoms. The molecule has 0 aliphatic rings. The normalized spacial score (nSPS) is 10.5. The number of halogens is 3. The Balaban J connectivity index is 1.48. The fourth-order valence-electron chi connectivity index (χ4n) is 3.07. The largest absolute Gasteiger partial charge is 0.340 e. The Morgan fingerprint density at radius 2 is 1.54 bits per heavy atom. The minimum atomic E-state index is -1.22. The number of aromatic nitrogens is 2. The van der Waals surface area contributed by atoms with Crippen LogP contribution in [0.3, 0.4) is 0 Å². The first kappa shape index (κ1) is 23.5. The Kier molecular flexibility index (Phi) is 6.78. The Labute approximate surface area is 202 Å². The maximum atomic E-state index is 14.3. The summed E-state index contributed by atoms with van der Waals surface area (Å²) in [6, 6.07) is 15.6. The second-order valence-corrected chi connectivity index (χ2v) is 7.51. The summed E-state index contributed by atoms with van der Waals surface area (Å²) in [5.41, 5.74) is 0.143. The molecule has 1 aromatic heterocycles. The second kappa shape index (κ2) is 10.1. The molecule has 4 rings (SSSR count). The summed E-state index contributed by atoms with van der Waals surface area (Å²) in [7, 11) is 0. The molecule has 12 heteroatoms. The van der Waals surface area contributed by atoms with Gasteiger partial charge in [-0.2, -0.15) is 4.39 Å². The summed E-state index contributed by atoms with van der Waals surface area (Å²) in [6.07, 6.45) is 1.31. The zero-order valence-electron chi connectivity index (χ0n) is 17.6. The van der Waals surface area contributed by atoms with Gasteiger partial charge in [0.2, 0.25) is 5.82 Å². The smallest absolute Gasteiger partial charge is 0.305 e. The van der Waals surface area contributed by atoms with Crippen LogP contribution >= 0.6 is 11.6 Å². The molecule has 9 nitrogen and oxygen atoms in total. The van der Waals surface area contributed by atoms with Crippen molar-refractivity contribution in [2.24, 2.45) is 0 Å². The van der Waals surface area contributed by atoms with Crippen LogP contribution in [0.15, 0.2) is 73.1 Å². The van der Waals surface area contributed by atoms with Gasteiger partial charge < -0.3 is 16.0 Å². The number of carbonyl (C=O) groups is 1. The number of benzene rings is 3. The molecule has 3 aromatic carbocycles. The van der Waals surface area contributed by atoms with E-state index in [2.05, 4.69) is 25.9 Å². The van der Waals surface area contributed by atoms with Gasteiger partial charge in [0.15, 0.2) is 0 Å². The molecule has 4 aromatic rings. The zero-order valence-corrected chi connectivity index (χ0v) is 18.4. The van der Waals surface area contributed by atoms with E-state index in [1.54, 1.807) is 30.3 Å². The van der Waals surface area contributed by atoms with Crippen LogP contribution in [0, 0.1) is 21.7 Å². The number of nitro benzene ring substituents is 1. The third-order valence-electron chi connectivity index (χ3n) is 4.67. The number of anilines is 5. The first-order valence-electron chi connectivity index (χ1n) is 9.95. The topological polar surface area (TPSA) is 122 Å². The number of carbonyl (C=O) groups excluding carboxylic acids is 1. The summed E-state index contributed by atoms with van der Waals surface area (Å²) in [4.78, 5) is 30.7. The van der Waals surface area contributed by atoms with E-state index >= 15 is 0 Å². The standard InChI is InChI=1S/C23H15ClF2N6O3/c24-17-10-15(7-8-18(17)25)30-21-11-20(27-12-28-21)29-13-3-1-4-14(9-13)31-23(33)16-5-2-6-19(22(16)26)32(34)35/h1-12H,(H,31,33)(H2,27,28,29,30). The minimum absolute atomic E-state index is 0.0359. The van der Waals surface area contributed by atoms with Crippen molar-refractivity contribution in [3.8, 4) is 0 Å². The summed E-state index contributed by atoms with van der Waals surface area (Å²) < 4.78 is 27.7. The summed E-state index contributed by atoms with van der Waals surface area (Å²) >= 11 is 5.80. The van der Waals surface area contributed by atoms with Crippen LogP contribution in [0.1, 0.15) is 10.4 Å². The van der Waals surface area contributed by atoms with E-state index in [9.17, 15) is 23.7 Å². The average molecular weight is 497 g/mol. The molecule has 0 radical (unpaired) electrons. The first-order chi connectivity index (χ1) is 16.8. The molecule has 0 saturated carbocycles. The van der Waals surface area contributed by atoms with Crippen LogP contribution in [0.25, 0.3) is 0 Å². The molecule has 0 unspecified atom stereocenters. The van der Waals surface area contributed by atoms with E-state index in [1.165, 1.54) is 30.6 Å². The highest BCUT2D eigenvalue weighted by atomic mass is 35.5. The fraction of sp³-hybridized carbons (Fsp3) is 0. The predicted octanol–water partition coefficient (Wildman–Crippen LogP) is 6.06. The third kappa shape index (κ3) is 5.65. The van der Waals surface area contributed by atoms with Crippen molar-refractivity contribution in [1.29, 1.82) is 0 Å². The third-order valence-corrected chi connectivity index (χ3v) is 4.96. The van der Waals surface area contributed by atoms with Gasteiger partial charge in [0.25, 0.3) is 5.91 Å². The van der Waals surface area contributed by atoms with E-state index in [-0.39, 0.29) is 5.02 Å². The van der Waals surface area contributed by atoms with E-state index in [0.717, 1.165) is 12.1 Å². The van der Waals surface area contributed by atoms with Crippen molar-refractivity contribution < 1.29 is 18.5 Å². The van der Waals surface area contributed by atoms with Crippen LogP contribution in [-0.4, -0.2) is 20.8 Å². The van der Waals surface area contributed by atoms with Gasteiger partial charge in [-0.3, -0.25) is 14.9 Å². The summed E-state index contributed by atoms with van der Waals surface area (Å²) in [6.45, 7) is 0. The Morgan fingerprint density at radius 1 is 0.886 bits per heavy atom. The molecule has 0 spiro atoms. The average Bonchev–Trinajstić information content (AvgIpc) is 2.82. The number of hydrogen-bond donors (Lipinski definition) is 3. The van der Waals surface area contributed by atoms with Crippen molar-refractivity contribution in [3.63, 3.8) is 0 Å². The number of nitrogens with zero attached hydrogens (tertiary/aromatic N) is 3. The molecule has 176 valence electrons.